The number of fused-ring (bicyclic) bond motifs is 6. The van der Waals surface area contributed by atoms with Gasteiger partial charge < -0.3 is 15.2 Å². The molecule has 0 fully saturated rings. The Hall–Kier alpha value is -2.41. The van der Waals surface area contributed by atoms with E-state index in [-0.39, 0.29) is 0 Å². The van der Waals surface area contributed by atoms with Crippen LogP contribution in [0.5, 0.6) is 0 Å². The molecule has 120 valence electrons. The van der Waals surface area contributed by atoms with Crippen LogP contribution in [0.3, 0.4) is 0 Å². The third kappa shape index (κ3) is 3.12. The Kier molecular flexibility index (Phi) is 3.93. The third-order valence-electron chi connectivity index (χ3n) is 3.47. The van der Waals surface area contributed by atoms with E-state index < -0.39 is 10.8 Å². The third-order valence-corrected chi connectivity index (χ3v) is 4.98. The van der Waals surface area contributed by atoms with Gasteiger partial charge in [-0.2, -0.15) is 4.98 Å². The number of nitrogens with one attached hydrogen (secondary N) is 2. The Morgan fingerprint density at radius 3 is 2.67 bits per heavy atom. The average molecular weight is 357 g/mol. The second-order valence-electron chi connectivity index (χ2n) is 5.23. The van der Waals surface area contributed by atoms with E-state index in [4.69, 9.17) is 11.6 Å². The molecule has 1 aliphatic rings. The van der Waals surface area contributed by atoms with Gasteiger partial charge in [-0.25, -0.2) is 4.98 Å². The molecule has 0 spiro atoms. The number of halogens is 1. The quantitative estimate of drug-likeness (QED) is 0.501. The maximum absolute atomic E-state index is 10.5. The number of anilines is 4. The molecule has 1 aromatic heterocycles. The fourth-order valence-corrected chi connectivity index (χ4v) is 3.52. The summed E-state index contributed by atoms with van der Waals surface area (Å²) in [7, 11) is -1.01. The molecule has 5 nitrogen and oxygen atoms in total. The highest BCUT2D eigenvalue weighted by Gasteiger charge is 2.09. The summed E-state index contributed by atoms with van der Waals surface area (Å²) in [5.41, 5.74) is 2.54. The van der Waals surface area contributed by atoms with Crippen molar-refractivity contribution in [3.05, 3.63) is 65.3 Å². The van der Waals surface area contributed by atoms with Crippen LogP contribution in [0.4, 0.5) is 23.1 Å². The molecule has 1 unspecified atom stereocenters. The molecule has 4 rings (SSSR count). The fourth-order valence-electron chi connectivity index (χ4n) is 2.37. The molecule has 0 radical (unpaired) electrons. The average Bonchev–Trinajstić information content (AvgIpc) is 2.58. The van der Waals surface area contributed by atoms with Gasteiger partial charge in [-0.15, -0.1) is 0 Å². The number of aromatic nitrogens is 2. The van der Waals surface area contributed by atoms with Gasteiger partial charge in [-0.05, 0) is 52.0 Å². The van der Waals surface area contributed by atoms with Gasteiger partial charge in [0, 0.05) is 16.3 Å². The van der Waals surface area contributed by atoms with Crippen LogP contribution in [0.1, 0.15) is 5.56 Å². The number of hydrogen-bond donors (Lipinski definition) is 3. The van der Waals surface area contributed by atoms with Crippen LogP contribution in [-0.2, 0) is 0 Å². The van der Waals surface area contributed by atoms with E-state index in [1.54, 1.807) is 6.20 Å². The van der Waals surface area contributed by atoms with Crippen LogP contribution >= 0.6 is 22.4 Å². The van der Waals surface area contributed by atoms with Gasteiger partial charge in [0.15, 0.2) is 5.82 Å². The second-order valence-corrected chi connectivity index (χ2v) is 6.97. The van der Waals surface area contributed by atoms with Gasteiger partial charge in [0.05, 0.1) is 6.20 Å². The van der Waals surface area contributed by atoms with Crippen molar-refractivity contribution in [2.45, 2.75) is 4.90 Å². The minimum Gasteiger partial charge on any atom is -0.339 e. The summed E-state index contributed by atoms with van der Waals surface area (Å²) in [6, 6.07) is 15.2. The van der Waals surface area contributed by atoms with Gasteiger partial charge in [0.1, 0.15) is 5.02 Å². The molecule has 0 saturated heterocycles. The van der Waals surface area contributed by atoms with Crippen molar-refractivity contribution in [1.29, 1.82) is 0 Å². The largest absolute Gasteiger partial charge is 0.339 e. The summed E-state index contributed by atoms with van der Waals surface area (Å²) in [6.07, 6.45) is 1.55. The maximum Gasteiger partial charge on any atom is 0.229 e. The Balaban J connectivity index is 1.92. The molecule has 1 atom stereocenters. The first-order chi connectivity index (χ1) is 11.7. The molecule has 0 saturated carbocycles. The van der Waals surface area contributed by atoms with E-state index in [2.05, 4.69) is 20.6 Å². The highest BCUT2D eigenvalue weighted by Crippen LogP contribution is 2.29. The zero-order chi connectivity index (χ0) is 16.5. The van der Waals surface area contributed by atoms with Crippen LogP contribution in [0.25, 0.3) is 0 Å². The molecule has 3 N–H and O–H groups in total. The maximum atomic E-state index is 10.5. The molecule has 0 amide bonds. The Labute approximate surface area is 146 Å². The standard InChI is InChI=1S/C17H13ClN4OS/c18-15-9-19-17-21-13-5-2-6-14(8-13)24(23)10-11-3-1-4-12(7-11)20-16(15)22-17/h1-10,23H,(H2,19,20,21,22). The van der Waals surface area contributed by atoms with Crippen molar-refractivity contribution in [2.24, 2.45) is 0 Å². The molecule has 0 aliphatic carbocycles. The molecule has 2 heterocycles. The van der Waals surface area contributed by atoms with Crippen molar-refractivity contribution in [3.63, 3.8) is 0 Å². The number of nitrogens with zero attached hydrogens (tertiary/aromatic N) is 2. The molecule has 7 heteroatoms. The van der Waals surface area contributed by atoms with Crippen molar-refractivity contribution in [1.82, 2.24) is 9.97 Å². The minimum absolute atomic E-state index is 0.427. The van der Waals surface area contributed by atoms with E-state index in [0.717, 1.165) is 21.8 Å². The second kappa shape index (κ2) is 6.24. The highest BCUT2D eigenvalue weighted by molar-refractivity contribution is 8.10. The number of benzene rings is 2. The smallest absolute Gasteiger partial charge is 0.229 e. The first-order valence-corrected chi connectivity index (χ1v) is 8.83. The van der Waals surface area contributed by atoms with Crippen LogP contribution in [0, 0.1) is 0 Å². The van der Waals surface area contributed by atoms with E-state index in [1.807, 2.05) is 53.9 Å². The summed E-state index contributed by atoms with van der Waals surface area (Å²) in [4.78, 5) is 9.44. The first kappa shape index (κ1) is 15.1. The molecule has 3 aromatic rings. The van der Waals surface area contributed by atoms with E-state index in [0.29, 0.717) is 16.8 Å². The first-order valence-electron chi connectivity index (χ1n) is 7.21. The lowest BCUT2D eigenvalue weighted by molar-refractivity contribution is 0.660. The molecular weight excluding hydrogens is 344 g/mol. The molecule has 24 heavy (non-hydrogen) atoms. The predicted molar refractivity (Wildman–Crippen MR) is 100 cm³/mol. The van der Waals surface area contributed by atoms with E-state index in [1.165, 1.54) is 0 Å². The topological polar surface area (TPSA) is 70.1 Å². The van der Waals surface area contributed by atoms with Crippen LogP contribution in [0.15, 0.2) is 59.6 Å². The molecule has 1 aliphatic heterocycles. The zero-order valence-corrected chi connectivity index (χ0v) is 14.0. The lowest BCUT2D eigenvalue weighted by Gasteiger charge is -2.10. The highest BCUT2D eigenvalue weighted by atomic mass is 35.5. The Bertz CT molecular complexity index is 961. The normalized spacial score (nSPS) is 16.3. The number of rotatable bonds is 0. The fraction of sp³-hybridized carbons (Fsp3) is 0. The number of hydrogen-bond acceptors (Lipinski definition) is 5. The van der Waals surface area contributed by atoms with E-state index in [9.17, 15) is 4.55 Å². The summed E-state index contributed by atoms with van der Waals surface area (Å²) >= 11 is 6.19. The van der Waals surface area contributed by atoms with Crippen molar-refractivity contribution in [3.8, 4) is 0 Å². The van der Waals surface area contributed by atoms with Crippen LogP contribution in [-0.4, -0.2) is 19.9 Å². The monoisotopic (exact) mass is 356 g/mol. The summed E-state index contributed by atoms with van der Waals surface area (Å²) < 4.78 is 10.5. The Morgan fingerprint density at radius 2 is 1.79 bits per heavy atom. The SMILES string of the molecule is O/S1=C/c2cccc(c2)Nc2nc(ncc2Cl)Nc2cccc1c2. The van der Waals surface area contributed by atoms with E-state index >= 15 is 0 Å². The molecular formula is C17H13ClN4OS. The summed E-state index contributed by atoms with van der Waals surface area (Å²) in [6.45, 7) is 0. The van der Waals surface area contributed by atoms with Gasteiger partial charge in [0.25, 0.3) is 0 Å². The van der Waals surface area contributed by atoms with Gasteiger partial charge in [0.2, 0.25) is 5.95 Å². The van der Waals surface area contributed by atoms with Crippen LogP contribution < -0.4 is 10.6 Å². The Morgan fingerprint density at radius 1 is 1.00 bits per heavy atom. The predicted octanol–water partition coefficient (Wildman–Crippen LogP) is 4.88. The van der Waals surface area contributed by atoms with Gasteiger partial charge in [-0.1, -0.05) is 29.8 Å². The lowest BCUT2D eigenvalue weighted by Crippen LogP contribution is -2.01. The minimum atomic E-state index is -1.01. The molecule has 2 aromatic carbocycles. The summed E-state index contributed by atoms with van der Waals surface area (Å²) in [5.74, 6) is 0.945. The summed E-state index contributed by atoms with van der Waals surface area (Å²) in [5, 5.41) is 8.58. The lowest BCUT2D eigenvalue weighted by atomic mass is 10.2. The van der Waals surface area contributed by atoms with Crippen LogP contribution in [0.2, 0.25) is 5.02 Å². The zero-order valence-electron chi connectivity index (χ0n) is 12.4. The van der Waals surface area contributed by atoms with Gasteiger partial charge >= 0.3 is 0 Å². The molecule has 6 bridgehead atoms. The van der Waals surface area contributed by atoms with Crippen molar-refractivity contribution < 1.29 is 4.55 Å². The van der Waals surface area contributed by atoms with Crippen molar-refractivity contribution in [2.75, 3.05) is 10.6 Å². The van der Waals surface area contributed by atoms with Gasteiger partial charge in [-0.3, -0.25) is 0 Å². The van der Waals surface area contributed by atoms with Crippen molar-refractivity contribution >= 4 is 50.9 Å².